The number of guanidine groups is 1. The first kappa shape index (κ1) is 16.2. The summed E-state index contributed by atoms with van der Waals surface area (Å²) in [5.41, 5.74) is 0. The van der Waals surface area contributed by atoms with Gasteiger partial charge in [0.25, 0.3) is 0 Å². The summed E-state index contributed by atoms with van der Waals surface area (Å²) in [5, 5.41) is 6.58. The average molecular weight is 242 g/mol. The van der Waals surface area contributed by atoms with Crippen LogP contribution in [0.2, 0.25) is 0 Å². The Morgan fingerprint density at radius 3 is 2.35 bits per heavy atom. The monoisotopic (exact) mass is 242 g/mol. The van der Waals surface area contributed by atoms with Crippen molar-refractivity contribution in [1.82, 2.24) is 15.5 Å². The van der Waals surface area contributed by atoms with Crippen molar-refractivity contribution in [2.24, 2.45) is 4.99 Å². The maximum atomic E-state index is 4.58. The van der Waals surface area contributed by atoms with Crippen LogP contribution < -0.4 is 10.6 Å². The molecule has 0 rings (SSSR count). The van der Waals surface area contributed by atoms with Gasteiger partial charge in [-0.2, -0.15) is 0 Å². The molecule has 0 atom stereocenters. The van der Waals surface area contributed by atoms with Gasteiger partial charge in [-0.15, -0.1) is 0 Å². The van der Waals surface area contributed by atoms with E-state index < -0.39 is 0 Å². The second-order valence-electron chi connectivity index (χ2n) is 4.49. The minimum Gasteiger partial charge on any atom is -0.357 e. The van der Waals surface area contributed by atoms with E-state index in [1.54, 1.807) is 0 Å². The Kier molecular flexibility index (Phi) is 9.92. The van der Waals surface area contributed by atoms with E-state index in [9.17, 15) is 0 Å². The summed E-state index contributed by atoms with van der Waals surface area (Å²) >= 11 is 0. The second-order valence-corrected chi connectivity index (χ2v) is 4.49. The second kappa shape index (κ2) is 10.4. The SMILES string of the molecule is CCCN(CC)CCN=C(NCC)NC(C)C. The Morgan fingerprint density at radius 2 is 1.88 bits per heavy atom. The molecule has 0 spiro atoms. The third kappa shape index (κ3) is 8.98. The zero-order chi connectivity index (χ0) is 13.1. The third-order valence-electron chi connectivity index (χ3n) is 2.44. The highest BCUT2D eigenvalue weighted by molar-refractivity contribution is 5.79. The van der Waals surface area contributed by atoms with Crippen molar-refractivity contribution < 1.29 is 0 Å². The van der Waals surface area contributed by atoms with Gasteiger partial charge in [0.2, 0.25) is 0 Å². The minimum absolute atomic E-state index is 0.422. The number of aliphatic imine (C=N–C) groups is 1. The number of hydrogen-bond acceptors (Lipinski definition) is 2. The van der Waals surface area contributed by atoms with Crippen LogP contribution in [0.5, 0.6) is 0 Å². The van der Waals surface area contributed by atoms with Gasteiger partial charge in [0, 0.05) is 19.1 Å². The zero-order valence-corrected chi connectivity index (χ0v) is 12.2. The minimum atomic E-state index is 0.422. The standard InChI is InChI=1S/C13H30N4/c1-6-10-17(8-3)11-9-15-13(14-7-2)16-12(4)5/h12H,6-11H2,1-5H3,(H2,14,15,16). The van der Waals surface area contributed by atoms with E-state index in [-0.39, 0.29) is 0 Å². The summed E-state index contributed by atoms with van der Waals surface area (Å²) in [5.74, 6) is 0.926. The molecule has 4 heteroatoms. The van der Waals surface area contributed by atoms with Gasteiger partial charge < -0.3 is 15.5 Å². The summed E-state index contributed by atoms with van der Waals surface area (Å²) < 4.78 is 0. The number of nitrogens with one attached hydrogen (secondary N) is 2. The van der Waals surface area contributed by atoms with Gasteiger partial charge in [0.1, 0.15) is 0 Å². The van der Waals surface area contributed by atoms with E-state index >= 15 is 0 Å². The molecule has 0 aliphatic heterocycles. The molecule has 0 aromatic rings. The molecule has 0 saturated carbocycles. The highest BCUT2D eigenvalue weighted by atomic mass is 15.2. The molecule has 0 aromatic carbocycles. The number of rotatable bonds is 8. The van der Waals surface area contributed by atoms with Gasteiger partial charge in [-0.1, -0.05) is 13.8 Å². The summed E-state index contributed by atoms with van der Waals surface area (Å²) in [7, 11) is 0. The van der Waals surface area contributed by atoms with E-state index in [4.69, 9.17) is 0 Å². The van der Waals surface area contributed by atoms with Crippen molar-refractivity contribution in [1.29, 1.82) is 0 Å². The molecule has 4 nitrogen and oxygen atoms in total. The van der Waals surface area contributed by atoms with Crippen molar-refractivity contribution in [3.8, 4) is 0 Å². The van der Waals surface area contributed by atoms with Gasteiger partial charge in [-0.25, -0.2) is 0 Å². The van der Waals surface area contributed by atoms with Crippen LogP contribution in [0.25, 0.3) is 0 Å². The predicted molar refractivity (Wildman–Crippen MR) is 76.7 cm³/mol. The van der Waals surface area contributed by atoms with Crippen LogP contribution in [0, 0.1) is 0 Å². The molecular formula is C13H30N4. The first-order valence-electron chi connectivity index (χ1n) is 6.91. The molecule has 102 valence electrons. The highest BCUT2D eigenvalue weighted by Gasteiger charge is 2.01. The van der Waals surface area contributed by atoms with E-state index in [1.165, 1.54) is 13.0 Å². The molecule has 0 aromatic heterocycles. The molecule has 0 heterocycles. The van der Waals surface area contributed by atoms with Gasteiger partial charge >= 0.3 is 0 Å². The summed E-state index contributed by atoms with van der Waals surface area (Å²) in [4.78, 5) is 7.01. The van der Waals surface area contributed by atoms with Crippen molar-refractivity contribution >= 4 is 5.96 Å². The molecule has 0 saturated heterocycles. The molecule has 17 heavy (non-hydrogen) atoms. The average Bonchev–Trinajstić information content (AvgIpc) is 2.27. The Hall–Kier alpha value is -0.770. The molecule has 0 unspecified atom stereocenters. The van der Waals surface area contributed by atoms with E-state index in [1.807, 2.05) is 0 Å². The topological polar surface area (TPSA) is 39.7 Å². The van der Waals surface area contributed by atoms with Crippen molar-refractivity contribution in [2.75, 3.05) is 32.7 Å². The van der Waals surface area contributed by atoms with Crippen LogP contribution in [0.3, 0.4) is 0 Å². The van der Waals surface area contributed by atoms with Crippen LogP contribution in [0.4, 0.5) is 0 Å². The quantitative estimate of drug-likeness (QED) is 0.502. The fraction of sp³-hybridized carbons (Fsp3) is 0.923. The van der Waals surface area contributed by atoms with Gasteiger partial charge in [-0.05, 0) is 40.3 Å². The molecule has 0 aliphatic carbocycles. The van der Waals surface area contributed by atoms with Crippen LogP contribution >= 0.6 is 0 Å². The fourth-order valence-corrected chi connectivity index (χ4v) is 1.64. The lowest BCUT2D eigenvalue weighted by molar-refractivity contribution is 0.297. The summed E-state index contributed by atoms with van der Waals surface area (Å²) in [6.07, 6.45) is 1.21. The molecule has 0 fully saturated rings. The van der Waals surface area contributed by atoms with E-state index in [2.05, 4.69) is 55.1 Å². The van der Waals surface area contributed by atoms with Crippen LogP contribution in [-0.2, 0) is 0 Å². The first-order chi connectivity index (χ1) is 8.13. The lowest BCUT2D eigenvalue weighted by Crippen LogP contribution is -2.41. The molecular weight excluding hydrogens is 212 g/mol. The molecule has 2 N–H and O–H groups in total. The Balaban J connectivity index is 4.04. The number of hydrogen-bond donors (Lipinski definition) is 2. The summed E-state index contributed by atoms with van der Waals surface area (Å²) in [6, 6.07) is 0.422. The van der Waals surface area contributed by atoms with Crippen LogP contribution in [-0.4, -0.2) is 49.6 Å². The number of likely N-dealkylation sites (N-methyl/N-ethyl adjacent to an activating group) is 1. The smallest absolute Gasteiger partial charge is 0.191 e. The maximum absolute atomic E-state index is 4.58. The molecule has 0 aliphatic rings. The number of nitrogens with zero attached hydrogens (tertiary/aromatic N) is 2. The Labute approximate surface area is 107 Å². The fourth-order valence-electron chi connectivity index (χ4n) is 1.64. The Bertz CT molecular complexity index is 202. The molecule has 0 radical (unpaired) electrons. The van der Waals surface area contributed by atoms with Gasteiger partial charge in [-0.3, -0.25) is 4.99 Å². The molecule has 0 amide bonds. The maximum Gasteiger partial charge on any atom is 0.191 e. The van der Waals surface area contributed by atoms with Crippen molar-refractivity contribution in [3.05, 3.63) is 0 Å². The van der Waals surface area contributed by atoms with E-state index in [0.717, 1.165) is 32.1 Å². The van der Waals surface area contributed by atoms with E-state index in [0.29, 0.717) is 6.04 Å². The molecule has 0 bridgehead atoms. The first-order valence-corrected chi connectivity index (χ1v) is 6.91. The van der Waals surface area contributed by atoms with Gasteiger partial charge in [0.15, 0.2) is 5.96 Å². The lowest BCUT2D eigenvalue weighted by atomic mass is 10.4. The lowest BCUT2D eigenvalue weighted by Gasteiger charge is -2.19. The normalized spacial score (nSPS) is 12.3. The Morgan fingerprint density at radius 1 is 1.18 bits per heavy atom. The largest absolute Gasteiger partial charge is 0.357 e. The zero-order valence-electron chi connectivity index (χ0n) is 12.2. The summed E-state index contributed by atoms with van der Waals surface area (Å²) in [6.45, 7) is 15.8. The van der Waals surface area contributed by atoms with Crippen molar-refractivity contribution in [2.45, 2.75) is 47.1 Å². The van der Waals surface area contributed by atoms with Crippen molar-refractivity contribution in [3.63, 3.8) is 0 Å². The predicted octanol–water partition coefficient (Wildman–Crippen LogP) is 1.68. The highest BCUT2D eigenvalue weighted by Crippen LogP contribution is 1.90. The van der Waals surface area contributed by atoms with Gasteiger partial charge in [0.05, 0.1) is 6.54 Å². The third-order valence-corrected chi connectivity index (χ3v) is 2.44. The van der Waals surface area contributed by atoms with Crippen LogP contribution in [0.1, 0.15) is 41.0 Å². The van der Waals surface area contributed by atoms with Crippen LogP contribution in [0.15, 0.2) is 4.99 Å².